The maximum Gasteiger partial charge on any atom is 0.355 e. The van der Waals surface area contributed by atoms with Gasteiger partial charge in [-0.2, -0.15) is 0 Å². The molecule has 2 aromatic carbocycles. The fourth-order valence-corrected chi connectivity index (χ4v) is 3.58. The molecule has 0 unspecified atom stereocenters. The van der Waals surface area contributed by atoms with Crippen molar-refractivity contribution < 1.29 is 14.6 Å². The lowest BCUT2D eigenvalue weighted by Crippen LogP contribution is -2.30. The first-order valence-electron chi connectivity index (χ1n) is 8.85. The van der Waals surface area contributed by atoms with Gasteiger partial charge >= 0.3 is 5.69 Å². The Morgan fingerprint density at radius 1 is 0.969 bits per heavy atom. The molecule has 0 radical (unpaired) electrons. The van der Waals surface area contributed by atoms with Crippen molar-refractivity contribution in [1.82, 2.24) is 20.4 Å². The number of amides is 1. The molecule has 4 rings (SSSR count). The number of carbonyl (C=O) groups excluding carboxylic acids is 1. The molecule has 0 spiro atoms. The SMILES string of the molecule is O=C(NNc1ncnc(Nc2nc3ccccc3s2)c1[N+](=O)[O-])c1cccc([N+](=O)[O-])c1. The minimum atomic E-state index is -0.748. The molecule has 1 amide bonds. The van der Waals surface area contributed by atoms with Gasteiger partial charge in [0.25, 0.3) is 11.6 Å². The van der Waals surface area contributed by atoms with Crippen LogP contribution in [0.3, 0.4) is 0 Å². The van der Waals surface area contributed by atoms with Crippen molar-refractivity contribution in [3.63, 3.8) is 0 Å². The first kappa shape index (κ1) is 20.5. The number of hydrogen-bond acceptors (Lipinski definition) is 11. The second kappa shape index (κ2) is 8.57. The van der Waals surface area contributed by atoms with Crippen molar-refractivity contribution in [3.05, 3.63) is 80.7 Å². The summed E-state index contributed by atoms with van der Waals surface area (Å²) in [4.78, 5) is 45.6. The standard InChI is InChI=1S/C18H12N8O5S/c27-17(10-4-3-5-11(8-10)25(28)29)24-23-16-14(26(30)31)15(19-9-20-16)22-18-21-12-6-1-2-7-13(12)32-18/h1-9H,(H,24,27)(H2,19,20,21,22,23). The number of para-hydroxylation sites is 1. The number of nitrogens with zero attached hydrogens (tertiary/aromatic N) is 5. The van der Waals surface area contributed by atoms with E-state index in [1.165, 1.54) is 29.5 Å². The number of benzene rings is 2. The molecule has 0 bridgehead atoms. The zero-order chi connectivity index (χ0) is 22.7. The summed E-state index contributed by atoms with van der Waals surface area (Å²) in [6.45, 7) is 0. The molecular weight excluding hydrogens is 440 g/mol. The zero-order valence-electron chi connectivity index (χ0n) is 15.9. The average molecular weight is 452 g/mol. The Labute approximate surface area is 182 Å². The van der Waals surface area contributed by atoms with Gasteiger partial charge in [-0.05, 0) is 18.2 Å². The maximum atomic E-state index is 12.3. The van der Waals surface area contributed by atoms with Gasteiger partial charge in [0.2, 0.25) is 11.6 Å². The summed E-state index contributed by atoms with van der Waals surface area (Å²) >= 11 is 1.29. The van der Waals surface area contributed by atoms with E-state index < -0.39 is 21.4 Å². The predicted octanol–water partition coefficient (Wildman–Crippen LogP) is 3.40. The van der Waals surface area contributed by atoms with Crippen LogP contribution in [0.5, 0.6) is 0 Å². The van der Waals surface area contributed by atoms with Gasteiger partial charge in [-0.1, -0.05) is 29.5 Å². The number of fused-ring (bicyclic) bond motifs is 1. The van der Waals surface area contributed by atoms with Gasteiger partial charge in [0.15, 0.2) is 5.13 Å². The van der Waals surface area contributed by atoms with Gasteiger partial charge in [0.05, 0.1) is 20.1 Å². The molecule has 14 heteroatoms. The minimum absolute atomic E-state index is 0.0174. The number of rotatable bonds is 7. The van der Waals surface area contributed by atoms with Gasteiger partial charge in [0, 0.05) is 17.7 Å². The average Bonchev–Trinajstić information content (AvgIpc) is 3.19. The van der Waals surface area contributed by atoms with Crippen molar-refractivity contribution in [2.45, 2.75) is 0 Å². The fourth-order valence-electron chi connectivity index (χ4n) is 2.71. The van der Waals surface area contributed by atoms with E-state index in [2.05, 4.69) is 31.1 Å². The fraction of sp³-hybridized carbons (Fsp3) is 0. The van der Waals surface area contributed by atoms with Crippen LogP contribution in [0.25, 0.3) is 10.2 Å². The predicted molar refractivity (Wildman–Crippen MR) is 116 cm³/mol. The molecule has 2 heterocycles. The Kier molecular flexibility index (Phi) is 5.50. The molecule has 0 aliphatic heterocycles. The second-order valence-electron chi connectivity index (χ2n) is 6.17. The van der Waals surface area contributed by atoms with Crippen LogP contribution in [0.15, 0.2) is 54.9 Å². The van der Waals surface area contributed by atoms with E-state index in [0.29, 0.717) is 5.13 Å². The molecule has 13 nitrogen and oxygen atoms in total. The van der Waals surface area contributed by atoms with Crippen molar-refractivity contribution in [3.8, 4) is 0 Å². The number of thiazole rings is 1. The molecule has 0 aliphatic carbocycles. The highest BCUT2D eigenvalue weighted by atomic mass is 32.1. The second-order valence-corrected chi connectivity index (χ2v) is 7.21. The Morgan fingerprint density at radius 3 is 2.50 bits per heavy atom. The Morgan fingerprint density at radius 2 is 1.75 bits per heavy atom. The van der Waals surface area contributed by atoms with Crippen LogP contribution < -0.4 is 16.2 Å². The quantitative estimate of drug-likeness (QED) is 0.278. The van der Waals surface area contributed by atoms with Gasteiger partial charge in [0.1, 0.15) is 6.33 Å². The lowest BCUT2D eigenvalue weighted by atomic mass is 10.2. The van der Waals surface area contributed by atoms with E-state index in [-0.39, 0.29) is 22.9 Å². The van der Waals surface area contributed by atoms with Crippen molar-refractivity contribution in [2.75, 3.05) is 10.7 Å². The third-order valence-electron chi connectivity index (χ3n) is 4.14. The molecule has 2 aromatic heterocycles. The van der Waals surface area contributed by atoms with Crippen LogP contribution in [0.2, 0.25) is 0 Å². The Hall–Kier alpha value is -4.72. The number of aromatic nitrogens is 3. The number of nitro benzene ring substituents is 1. The topological polar surface area (TPSA) is 178 Å². The smallest absolute Gasteiger partial charge is 0.310 e. The van der Waals surface area contributed by atoms with E-state index in [0.717, 1.165) is 22.6 Å². The van der Waals surface area contributed by atoms with Crippen molar-refractivity contribution >= 4 is 55.6 Å². The number of nitro groups is 2. The molecule has 0 aliphatic rings. The van der Waals surface area contributed by atoms with Crippen LogP contribution >= 0.6 is 11.3 Å². The molecular formula is C18H12N8O5S. The van der Waals surface area contributed by atoms with Gasteiger partial charge in [-0.15, -0.1) is 0 Å². The normalized spacial score (nSPS) is 10.5. The van der Waals surface area contributed by atoms with Crippen molar-refractivity contribution in [1.29, 1.82) is 0 Å². The Balaban J connectivity index is 1.56. The molecule has 0 atom stereocenters. The summed E-state index contributed by atoms with van der Waals surface area (Å²) in [6, 6.07) is 12.4. The lowest BCUT2D eigenvalue weighted by Gasteiger charge is -2.10. The third-order valence-corrected chi connectivity index (χ3v) is 5.09. The van der Waals surface area contributed by atoms with Crippen molar-refractivity contribution in [2.24, 2.45) is 0 Å². The highest BCUT2D eigenvalue weighted by Crippen LogP contribution is 2.33. The number of nitrogens with one attached hydrogen (secondary N) is 3. The number of hydrazine groups is 1. The van der Waals surface area contributed by atoms with Crippen LogP contribution in [-0.2, 0) is 0 Å². The van der Waals surface area contributed by atoms with Crippen LogP contribution in [-0.4, -0.2) is 30.7 Å². The number of anilines is 3. The minimum Gasteiger partial charge on any atom is -0.310 e. The summed E-state index contributed by atoms with van der Waals surface area (Å²) in [5.41, 5.74) is 4.53. The first-order chi connectivity index (χ1) is 15.4. The van der Waals surface area contributed by atoms with E-state index in [9.17, 15) is 25.0 Å². The largest absolute Gasteiger partial charge is 0.355 e. The van der Waals surface area contributed by atoms with Crippen LogP contribution in [0.1, 0.15) is 10.4 Å². The molecule has 3 N–H and O–H groups in total. The van der Waals surface area contributed by atoms with Crippen LogP contribution in [0.4, 0.5) is 28.1 Å². The van der Waals surface area contributed by atoms with E-state index in [1.54, 1.807) is 0 Å². The van der Waals surface area contributed by atoms with E-state index >= 15 is 0 Å². The van der Waals surface area contributed by atoms with Gasteiger partial charge < -0.3 is 5.32 Å². The number of carbonyl (C=O) groups is 1. The molecule has 4 aromatic rings. The first-order valence-corrected chi connectivity index (χ1v) is 9.67. The summed E-state index contributed by atoms with van der Waals surface area (Å²) < 4.78 is 0.884. The number of hydrogen-bond donors (Lipinski definition) is 3. The molecule has 0 fully saturated rings. The monoisotopic (exact) mass is 452 g/mol. The van der Waals surface area contributed by atoms with E-state index in [4.69, 9.17) is 0 Å². The number of non-ortho nitro benzene ring substituents is 1. The zero-order valence-corrected chi connectivity index (χ0v) is 16.7. The highest BCUT2D eigenvalue weighted by molar-refractivity contribution is 7.22. The molecule has 0 saturated carbocycles. The van der Waals surface area contributed by atoms with Gasteiger partial charge in [-0.3, -0.25) is 35.9 Å². The summed E-state index contributed by atoms with van der Waals surface area (Å²) in [5, 5.41) is 25.8. The molecule has 0 saturated heterocycles. The summed E-state index contributed by atoms with van der Waals surface area (Å²) in [5.74, 6) is -1.16. The molecule has 32 heavy (non-hydrogen) atoms. The maximum absolute atomic E-state index is 12.3. The summed E-state index contributed by atoms with van der Waals surface area (Å²) in [6.07, 6.45) is 1.07. The van der Waals surface area contributed by atoms with E-state index in [1.807, 2.05) is 24.3 Å². The lowest BCUT2D eigenvalue weighted by molar-refractivity contribution is -0.384. The third kappa shape index (κ3) is 4.24. The molecule has 160 valence electrons. The Bertz CT molecular complexity index is 1330. The van der Waals surface area contributed by atoms with Crippen LogP contribution in [0, 0.1) is 20.2 Å². The summed E-state index contributed by atoms with van der Waals surface area (Å²) in [7, 11) is 0. The highest BCUT2D eigenvalue weighted by Gasteiger charge is 2.24. The van der Waals surface area contributed by atoms with Gasteiger partial charge in [-0.25, -0.2) is 15.0 Å².